The Morgan fingerprint density at radius 1 is 1.18 bits per heavy atom. The highest BCUT2D eigenvalue weighted by Crippen LogP contribution is 2.21. The molecule has 0 saturated heterocycles. The third kappa shape index (κ3) is 6.39. The number of hydrogen-bond acceptors (Lipinski definition) is 3. The third-order valence-corrected chi connectivity index (χ3v) is 3.79. The molecule has 0 bridgehead atoms. The monoisotopic (exact) mass is 244 g/mol. The van der Waals surface area contributed by atoms with Crippen LogP contribution in [0.15, 0.2) is 0 Å². The minimum atomic E-state index is -0.00194. The van der Waals surface area contributed by atoms with Gasteiger partial charge >= 0.3 is 0 Å². The number of nitrogens with two attached hydrogens (primary N) is 1. The van der Waals surface area contributed by atoms with E-state index in [9.17, 15) is 0 Å². The summed E-state index contributed by atoms with van der Waals surface area (Å²) in [6.07, 6.45) is 0.961. The van der Waals surface area contributed by atoms with Gasteiger partial charge in [0, 0.05) is 25.8 Å². The Morgan fingerprint density at radius 3 is 2.06 bits per heavy atom. The molecule has 17 heavy (non-hydrogen) atoms. The number of methoxy groups -OCH3 is 1. The lowest BCUT2D eigenvalue weighted by Gasteiger charge is -2.34. The van der Waals surface area contributed by atoms with E-state index in [0.717, 1.165) is 19.6 Å². The zero-order valence-corrected chi connectivity index (χ0v) is 12.5. The van der Waals surface area contributed by atoms with Crippen LogP contribution in [0.2, 0.25) is 0 Å². The van der Waals surface area contributed by atoms with E-state index in [1.54, 1.807) is 7.11 Å². The van der Waals surface area contributed by atoms with Crippen molar-refractivity contribution in [1.29, 1.82) is 0 Å². The van der Waals surface area contributed by atoms with Crippen molar-refractivity contribution >= 4 is 0 Å². The summed E-state index contributed by atoms with van der Waals surface area (Å²) in [5.41, 5.74) is 5.87. The van der Waals surface area contributed by atoms with Gasteiger partial charge in [0.2, 0.25) is 0 Å². The van der Waals surface area contributed by atoms with Crippen molar-refractivity contribution in [2.45, 2.75) is 46.6 Å². The highest BCUT2D eigenvalue weighted by molar-refractivity contribution is 4.85. The van der Waals surface area contributed by atoms with Gasteiger partial charge < -0.3 is 15.8 Å². The van der Waals surface area contributed by atoms with E-state index < -0.39 is 0 Å². The minimum absolute atomic E-state index is 0.00194. The Hall–Kier alpha value is -0.120. The van der Waals surface area contributed by atoms with Crippen LogP contribution >= 0.6 is 0 Å². The molecule has 0 rings (SSSR count). The van der Waals surface area contributed by atoms with Gasteiger partial charge in [-0.2, -0.15) is 0 Å². The Morgan fingerprint density at radius 2 is 1.71 bits per heavy atom. The predicted octanol–water partition coefficient (Wildman–Crippen LogP) is 2.26. The standard InChI is InChI=1S/C14H32N2O/c1-11(2)13(12(3)4)9-16-14(5,10-15)7-8-17-6/h11-13,16H,7-10,15H2,1-6H3. The van der Waals surface area contributed by atoms with Crippen LogP contribution < -0.4 is 11.1 Å². The number of ether oxygens (including phenoxy) is 1. The lowest BCUT2D eigenvalue weighted by molar-refractivity contribution is 0.153. The zero-order valence-electron chi connectivity index (χ0n) is 12.5. The van der Waals surface area contributed by atoms with Gasteiger partial charge in [-0.3, -0.25) is 0 Å². The number of rotatable bonds is 9. The van der Waals surface area contributed by atoms with Gasteiger partial charge in [0.25, 0.3) is 0 Å². The molecular weight excluding hydrogens is 212 g/mol. The average molecular weight is 244 g/mol. The van der Waals surface area contributed by atoms with Crippen LogP contribution in [0.5, 0.6) is 0 Å². The Labute approximate surface area is 107 Å². The fourth-order valence-electron chi connectivity index (χ4n) is 2.20. The summed E-state index contributed by atoms with van der Waals surface area (Å²) in [4.78, 5) is 0. The largest absolute Gasteiger partial charge is 0.385 e. The Balaban J connectivity index is 4.27. The van der Waals surface area contributed by atoms with Crippen LogP contribution in [0.3, 0.4) is 0 Å². The molecule has 3 heteroatoms. The fourth-order valence-corrected chi connectivity index (χ4v) is 2.20. The molecule has 104 valence electrons. The Bertz CT molecular complexity index is 187. The van der Waals surface area contributed by atoms with Gasteiger partial charge in [0.15, 0.2) is 0 Å². The van der Waals surface area contributed by atoms with Crippen molar-refractivity contribution in [3.05, 3.63) is 0 Å². The quantitative estimate of drug-likeness (QED) is 0.654. The molecular formula is C14H32N2O. The minimum Gasteiger partial charge on any atom is -0.385 e. The molecule has 0 aliphatic carbocycles. The molecule has 0 spiro atoms. The van der Waals surface area contributed by atoms with Crippen molar-refractivity contribution in [3.63, 3.8) is 0 Å². The van der Waals surface area contributed by atoms with Crippen molar-refractivity contribution in [2.75, 3.05) is 26.8 Å². The maximum atomic E-state index is 5.87. The maximum Gasteiger partial charge on any atom is 0.0480 e. The van der Waals surface area contributed by atoms with Gasteiger partial charge in [0.1, 0.15) is 0 Å². The molecule has 3 N–H and O–H groups in total. The van der Waals surface area contributed by atoms with E-state index in [-0.39, 0.29) is 5.54 Å². The fraction of sp³-hybridized carbons (Fsp3) is 1.00. The summed E-state index contributed by atoms with van der Waals surface area (Å²) >= 11 is 0. The average Bonchev–Trinajstić information content (AvgIpc) is 2.25. The van der Waals surface area contributed by atoms with Gasteiger partial charge in [-0.15, -0.1) is 0 Å². The molecule has 0 aromatic rings. The summed E-state index contributed by atoms with van der Waals surface area (Å²) < 4.78 is 5.15. The summed E-state index contributed by atoms with van der Waals surface area (Å²) in [6.45, 7) is 13.8. The first-order valence-electron chi connectivity index (χ1n) is 6.80. The van der Waals surface area contributed by atoms with E-state index in [1.165, 1.54) is 0 Å². The van der Waals surface area contributed by atoms with Crippen molar-refractivity contribution in [2.24, 2.45) is 23.5 Å². The summed E-state index contributed by atoms with van der Waals surface area (Å²) in [5, 5.41) is 3.64. The lowest BCUT2D eigenvalue weighted by Crippen LogP contribution is -2.51. The number of nitrogens with one attached hydrogen (secondary N) is 1. The lowest BCUT2D eigenvalue weighted by atomic mass is 9.84. The van der Waals surface area contributed by atoms with Crippen molar-refractivity contribution in [3.8, 4) is 0 Å². The summed E-state index contributed by atoms with van der Waals surface area (Å²) in [6, 6.07) is 0. The molecule has 0 heterocycles. The van der Waals surface area contributed by atoms with E-state index in [1.807, 2.05) is 0 Å². The van der Waals surface area contributed by atoms with Gasteiger partial charge in [-0.05, 0) is 37.6 Å². The smallest absolute Gasteiger partial charge is 0.0480 e. The molecule has 0 aromatic carbocycles. The van der Waals surface area contributed by atoms with Crippen LogP contribution in [0, 0.1) is 17.8 Å². The van der Waals surface area contributed by atoms with Gasteiger partial charge in [0.05, 0.1) is 0 Å². The SMILES string of the molecule is COCCC(C)(CN)NCC(C(C)C)C(C)C. The van der Waals surface area contributed by atoms with Gasteiger partial charge in [-0.1, -0.05) is 27.7 Å². The van der Waals surface area contributed by atoms with Crippen molar-refractivity contribution < 1.29 is 4.74 Å². The molecule has 1 unspecified atom stereocenters. The Kier molecular flexibility index (Phi) is 8.01. The summed E-state index contributed by atoms with van der Waals surface area (Å²) in [7, 11) is 1.74. The predicted molar refractivity (Wildman–Crippen MR) is 75.1 cm³/mol. The van der Waals surface area contributed by atoms with Gasteiger partial charge in [-0.25, -0.2) is 0 Å². The van der Waals surface area contributed by atoms with Crippen LogP contribution in [-0.2, 0) is 4.74 Å². The normalized spacial score (nSPS) is 15.9. The van der Waals surface area contributed by atoms with Crippen LogP contribution in [0.1, 0.15) is 41.0 Å². The topological polar surface area (TPSA) is 47.3 Å². The van der Waals surface area contributed by atoms with E-state index >= 15 is 0 Å². The second-order valence-electron chi connectivity index (χ2n) is 6.04. The number of hydrogen-bond donors (Lipinski definition) is 2. The molecule has 0 aliphatic rings. The summed E-state index contributed by atoms with van der Waals surface area (Å²) in [5.74, 6) is 2.10. The third-order valence-electron chi connectivity index (χ3n) is 3.79. The molecule has 0 aromatic heterocycles. The molecule has 3 nitrogen and oxygen atoms in total. The second-order valence-corrected chi connectivity index (χ2v) is 6.04. The highest BCUT2D eigenvalue weighted by Gasteiger charge is 2.25. The first-order valence-corrected chi connectivity index (χ1v) is 6.80. The van der Waals surface area contributed by atoms with Crippen molar-refractivity contribution in [1.82, 2.24) is 5.32 Å². The van der Waals surface area contributed by atoms with E-state index in [4.69, 9.17) is 10.5 Å². The molecule has 0 fully saturated rings. The maximum absolute atomic E-state index is 5.87. The van der Waals surface area contributed by atoms with Crippen LogP contribution in [0.4, 0.5) is 0 Å². The van der Waals surface area contributed by atoms with Crippen LogP contribution in [0.25, 0.3) is 0 Å². The first kappa shape index (κ1) is 16.9. The highest BCUT2D eigenvalue weighted by atomic mass is 16.5. The molecule has 0 amide bonds. The molecule has 0 aliphatic heterocycles. The first-order chi connectivity index (χ1) is 7.86. The molecule has 0 saturated carbocycles. The molecule has 1 atom stereocenters. The molecule has 0 radical (unpaired) electrons. The van der Waals surface area contributed by atoms with Crippen LogP contribution in [-0.4, -0.2) is 32.3 Å². The van der Waals surface area contributed by atoms with E-state index in [0.29, 0.717) is 24.3 Å². The zero-order chi connectivity index (χ0) is 13.5. The van der Waals surface area contributed by atoms with E-state index in [2.05, 4.69) is 39.9 Å². The second kappa shape index (κ2) is 8.06.